The summed E-state index contributed by atoms with van der Waals surface area (Å²) in [5.74, 6) is 4.69. The van der Waals surface area contributed by atoms with Crippen LogP contribution in [0, 0.1) is 0 Å². The van der Waals surface area contributed by atoms with E-state index in [9.17, 15) is 13.2 Å². The Labute approximate surface area is 105 Å². The Morgan fingerprint density at radius 2 is 2.28 bits per heavy atom. The molecule has 98 valence electrons. The summed E-state index contributed by atoms with van der Waals surface area (Å²) in [6, 6.07) is 4.85. The van der Waals surface area contributed by atoms with E-state index in [1.165, 1.54) is 10.4 Å². The van der Waals surface area contributed by atoms with Crippen LogP contribution in [0.15, 0.2) is 18.2 Å². The van der Waals surface area contributed by atoms with Gasteiger partial charge in [0.15, 0.2) is 0 Å². The second-order valence-corrected chi connectivity index (χ2v) is 6.08. The third kappa shape index (κ3) is 2.66. The molecule has 0 aliphatic carbocycles. The number of hydrogen-bond acceptors (Lipinski definition) is 5. The quantitative estimate of drug-likeness (QED) is 0.426. The van der Waals surface area contributed by atoms with Crippen LogP contribution in [-0.4, -0.2) is 35.9 Å². The number of rotatable bonds is 3. The van der Waals surface area contributed by atoms with Crippen LogP contribution in [0.4, 0.5) is 0 Å². The van der Waals surface area contributed by atoms with Gasteiger partial charge in [0.1, 0.15) is 5.69 Å². The van der Waals surface area contributed by atoms with E-state index in [1.807, 2.05) is 5.43 Å². The van der Waals surface area contributed by atoms with Gasteiger partial charge in [-0.1, -0.05) is 6.07 Å². The number of carbonyl (C=O) groups is 1. The fourth-order valence-electron chi connectivity index (χ4n) is 1.82. The van der Waals surface area contributed by atoms with E-state index < -0.39 is 15.9 Å². The second-order valence-electron chi connectivity index (χ2n) is 3.99. The van der Waals surface area contributed by atoms with E-state index in [0.29, 0.717) is 18.7 Å². The number of carbonyl (C=O) groups excluding carboxylic acids is 1. The lowest BCUT2D eigenvalue weighted by Gasteiger charge is -2.13. The number of nitrogen functional groups attached to an aromatic ring is 1. The molecular formula is C10H14N4O3S. The lowest BCUT2D eigenvalue weighted by molar-refractivity contribution is 0.0948. The molecule has 0 radical (unpaired) electrons. The van der Waals surface area contributed by atoms with Gasteiger partial charge in [0, 0.05) is 6.54 Å². The van der Waals surface area contributed by atoms with Gasteiger partial charge in [0.05, 0.1) is 18.0 Å². The van der Waals surface area contributed by atoms with Crippen LogP contribution in [-0.2, 0) is 16.6 Å². The first-order valence-electron chi connectivity index (χ1n) is 5.47. The molecule has 1 aliphatic rings. The number of sulfonamides is 1. The lowest BCUT2D eigenvalue weighted by Crippen LogP contribution is -2.31. The number of aromatic nitrogens is 1. The maximum Gasteiger partial charge on any atom is 0.283 e. The monoisotopic (exact) mass is 270 g/mol. The van der Waals surface area contributed by atoms with Gasteiger partial charge >= 0.3 is 0 Å². The fraction of sp³-hybridized carbons (Fsp3) is 0.400. The van der Waals surface area contributed by atoms with E-state index in [4.69, 9.17) is 5.84 Å². The molecule has 1 aromatic rings. The van der Waals surface area contributed by atoms with Gasteiger partial charge in [-0.05, 0) is 18.6 Å². The van der Waals surface area contributed by atoms with Crippen molar-refractivity contribution in [3.63, 3.8) is 0 Å². The van der Waals surface area contributed by atoms with Crippen LogP contribution in [0.2, 0.25) is 0 Å². The van der Waals surface area contributed by atoms with Crippen molar-refractivity contribution in [3.8, 4) is 0 Å². The van der Waals surface area contributed by atoms with Gasteiger partial charge in [0.25, 0.3) is 5.91 Å². The topological polar surface area (TPSA) is 105 Å². The molecule has 0 spiro atoms. The largest absolute Gasteiger partial charge is 0.289 e. The average molecular weight is 270 g/mol. The van der Waals surface area contributed by atoms with E-state index in [0.717, 1.165) is 0 Å². The molecular weight excluding hydrogens is 256 g/mol. The van der Waals surface area contributed by atoms with Crippen molar-refractivity contribution in [2.45, 2.75) is 13.0 Å². The van der Waals surface area contributed by atoms with Crippen molar-refractivity contribution in [3.05, 3.63) is 29.6 Å². The minimum absolute atomic E-state index is 0.173. The van der Waals surface area contributed by atoms with E-state index >= 15 is 0 Å². The Morgan fingerprint density at radius 3 is 2.89 bits per heavy atom. The van der Waals surface area contributed by atoms with Crippen molar-refractivity contribution in [1.82, 2.24) is 14.7 Å². The molecule has 1 amide bonds. The van der Waals surface area contributed by atoms with Gasteiger partial charge in [-0.2, -0.15) is 4.31 Å². The summed E-state index contributed by atoms with van der Waals surface area (Å²) in [6.07, 6.45) is 0.630. The minimum Gasteiger partial charge on any atom is -0.289 e. The smallest absolute Gasteiger partial charge is 0.283 e. The molecule has 1 aromatic heterocycles. The first-order valence-corrected chi connectivity index (χ1v) is 7.08. The van der Waals surface area contributed by atoms with Crippen LogP contribution in [0.3, 0.4) is 0 Å². The molecule has 7 nitrogen and oxygen atoms in total. The van der Waals surface area contributed by atoms with E-state index in [2.05, 4.69) is 4.98 Å². The first kappa shape index (κ1) is 12.9. The van der Waals surface area contributed by atoms with Crippen molar-refractivity contribution in [1.29, 1.82) is 0 Å². The molecule has 0 unspecified atom stereocenters. The number of pyridine rings is 1. The molecule has 0 bridgehead atoms. The summed E-state index contributed by atoms with van der Waals surface area (Å²) in [4.78, 5) is 15.4. The summed E-state index contributed by atoms with van der Waals surface area (Å²) in [6.45, 7) is 0.686. The Balaban J connectivity index is 2.17. The summed E-state index contributed by atoms with van der Waals surface area (Å²) in [5, 5.41) is 0. The van der Waals surface area contributed by atoms with Crippen LogP contribution >= 0.6 is 0 Å². The minimum atomic E-state index is -3.16. The Bertz CT molecular complexity index is 558. The zero-order valence-corrected chi connectivity index (χ0v) is 10.5. The fourth-order valence-corrected chi connectivity index (χ4v) is 3.31. The zero-order chi connectivity index (χ0) is 13.2. The van der Waals surface area contributed by atoms with Crippen molar-refractivity contribution >= 4 is 15.9 Å². The number of nitrogens with two attached hydrogens (primary N) is 1. The van der Waals surface area contributed by atoms with Gasteiger partial charge in [-0.15, -0.1) is 0 Å². The zero-order valence-electron chi connectivity index (χ0n) is 9.67. The normalized spacial score (nSPS) is 18.7. The van der Waals surface area contributed by atoms with Gasteiger partial charge in [-0.25, -0.2) is 19.2 Å². The van der Waals surface area contributed by atoms with Gasteiger partial charge in [0.2, 0.25) is 10.0 Å². The first-order chi connectivity index (χ1) is 8.53. The predicted octanol–water partition coefficient (Wildman–Crippen LogP) is -0.779. The van der Waals surface area contributed by atoms with Gasteiger partial charge in [-0.3, -0.25) is 10.2 Å². The van der Waals surface area contributed by atoms with Crippen LogP contribution < -0.4 is 11.3 Å². The highest BCUT2D eigenvalue weighted by Gasteiger charge is 2.28. The molecule has 8 heteroatoms. The lowest BCUT2D eigenvalue weighted by atomic mass is 10.3. The van der Waals surface area contributed by atoms with E-state index in [1.54, 1.807) is 12.1 Å². The number of hydrogen-bond donors (Lipinski definition) is 2. The van der Waals surface area contributed by atoms with Crippen molar-refractivity contribution in [2.24, 2.45) is 5.84 Å². The molecule has 1 aliphatic heterocycles. The molecule has 0 atom stereocenters. The number of nitrogens with zero attached hydrogens (tertiary/aromatic N) is 2. The summed E-state index contributed by atoms with van der Waals surface area (Å²) in [7, 11) is -3.16. The summed E-state index contributed by atoms with van der Waals surface area (Å²) >= 11 is 0. The highest BCUT2D eigenvalue weighted by Crippen LogP contribution is 2.16. The maximum atomic E-state index is 11.6. The Morgan fingerprint density at radius 1 is 1.50 bits per heavy atom. The van der Waals surface area contributed by atoms with Crippen LogP contribution in [0.25, 0.3) is 0 Å². The summed E-state index contributed by atoms with van der Waals surface area (Å²) in [5.41, 5.74) is 2.69. The van der Waals surface area contributed by atoms with Crippen LogP contribution in [0.1, 0.15) is 22.6 Å². The molecule has 0 saturated carbocycles. The Hall–Kier alpha value is -1.51. The second kappa shape index (κ2) is 5.01. The van der Waals surface area contributed by atoms with Gasteiger partial charge < -0.3 is 0 Å². The maximum absolute atomic E-state index is 11.6. The SMILES string of the molecule is NNC(=O)c1cccc(CN2CCCS2(=O)=O)n1. The Kier molecular flexibility index (Phi) is 3.60. The van der Waals surface area contributed by atoms with E-state index in [-0.39, 0.29) is 18.0 Å². The number of nitrogens with one attached hydrogen (secondary N) is 1. The highest BCUT2D eigenvalue weighted by molar-refractivity contribution is 7.89. The van der Waals surface area contributed by atoms with Crippen LogP contribution in [0.5, 0.6) is 0 Å². The summed E-state index contributed by atoms with van der Waals surface area (Å²) < 4.78 is 24.7. The number of amides is 1. The highest BCUT2D eigenvalue weighted by atomic mass is 32.2. The molecule has 1 saturated heterocycles. The average Bonchev–Trinajstić information content (AvgIpc) is 2.68. The van der Waals surface area contributed by atoms with Crippen molar-refractivity contribution in [2.75, 3.05) is 12.3 Å². The third-order valence-corrected chi connectivity index (χ3v) is 4.62. The third-order valence-electron chi connectivity index (χ3n) is 2.71. The number of hydrazine groups is 1. The molecule has 0 aromatic carbocycles. The predicted molar refractivity (Wildman–Crippen MR) is 64.7 cm³/mol. The molecule has 18 heavy (non-hydrogen) atoms. The molecule has 2 rings (SSSR count). The molecule has 2 heterocycles. The van der Waals surface area contributed by atoms with Crippen molar-refractivity contribution < 1.29 is 13.2 Å². The molecule has 3 N–H and O–H groups in total. The molecule has 1 fully saturated rings. The standard InChI is InChI=1S/C10H14N4O3S/c11-13-10(15)9-4-1-3-8(12-9)7-14-5-2-6-18(14,16)17/h1,3-4H,2,5-7,11H2,(H,13,15).